The zero-order valence-corrected chi connectivity index (χ0v) is 10.7. The average Bonchev–Trinajstić information content (AvgIpc) is 2.33. The predicted octanol–water partition coefficient (Wildman–Crippen LogP) is 1.55. The minimum absolute atomic E-state index is 0.0355. The van der Waals surface area contributed by atoms with Crippen LogP contribution < -0.4 is 5.32 Å². The van der Waals surface area contributed by atoms with E-state index in [4.69, 9.17) is 0 Å². The first-order chi connectivity index (χ1) is 8.91. The van der Waals surface area contributed by atoms with Gasteiger partial charge in [-0.1, -0.05) is 0 Å². The SMILES string of the molecule is Cc1cc([N+](=O)[O-])ccc1C(=O)NCC1(O)CCC1. The van der Waals surface area contributed by atoms with Crippen LogP contribution in [0.2, 0.25) is 0 Å². The molecule has 1 aromatic carbocycles. The Bertz CT molecular complexity index is 523. The summed E-state index contributed by atoms with van der Waals surface area (Å²) in [4.78, 5) is 22.1. The Balaban J connectivity index is 2.04. The quantitative estimate of drug-likeness (QED) is 0.637. The van der Waals surface area contributed by atoms with Crippen molar-refractivity contribution >= 4 is 11.6 Å². The first kappa shape index (κ1) is 13.5. The molecule has 0 aromatic heterocycles. The summed E-state index contributed by atoms with van der Waals surface area (Å²) in [5.41, 5.74) is 0.136. The largest absolute Gasteiger partial charge is 0.388 e. The molecule has 1 aromatic rings. The number of amides is 1. The Labute approximate surface area is 110 Å². The number of nitrogens with zero attached hydrogens (tertiary/aromatic N) is 1. The van der Waals surface area contributed by atoms with Crippen LogP contribution in [0.15, 0.2) is 18.2 Å². The van der Waals surface area contributed by atoms with Gasteiger partial charge in [0.25, 0.3) is 11.6 Å². The Morgan fingerprint density at radius 1 is 1.53 bits per heavy atom. The van der Waals surface area contributed by atoms with Crippen LogP contribution in [0.3, 0.4) is 0 Å². The fraction of sp³-hybridized carbons (Fsp3) is 0.462. The summed E-state index contributed by atoms with van der Waals surface area (Å²) in [6.07, 6.45) is 2.38. The number of carbonyl (C=O) groups is 1. The second kappa shape index (κ2) is 4.97. The van der Waals surface area contributed by atoms with Crippen molar-refractivity contribution in [1.82, 2.24) is 5.32 Å². The summed E-state index contributed by atoms with van der Waals surface area (Å²) in [6, 6.07) is 4.11. The van der Waals surface area contributed by atoms with Gasteiger partial charge >= 0.3 is 0 Å². The lowest BCUT2D eigenvalue weighted by Crippen LogP contribution is -2.47. The molecule has 2 rings (SSSR count). The minimum Gasteiger partial charge on any atom is -0.388 e. The number of aliphatic hydroxyl groups is 1. The summed E-state index contributed by atoms with van der Waals surface area (Å²) in [5, 5.41) is 23.2. The molecule has 0 heterocycles. The van der Waals surface area contributed by atoms with Gasteiger partial charge in [0.1, 0.15) is 0 Å². The molecule has 6 nitrogen and oxygen atoms in total. The molecule has 0 aliphatic heterocycles. The van der Waals surface area contributed by atoms with E-state index in [9.17, 15) is 20.0 Å². The number of nitrogens with one attached hydrogen (secondary N) is 1. The van der Waals surface area contributed by atoms with Crippen molar-refractivity contribution in [2.75, 3.05) is 6.54 Å². The molecule has 0 bridgehead atoms. The Hall–Kier alpha value is -1.95. The third-order valence-electron chi connectivity index (χ3n) is 3.53. The van der Waals surface area contributed by atoms with E-state index in [1.165, 1.54) is 18.2 Å². The summed E-state index contributed by atoms with van der Waals surface area (Å²) >= 11 is 0. The highest BCUT2D eigenvalue weighted by molar-refractivity contribution is 5.95. The fourth-order valence-corrected chi connectivity index (χ4v) is 2.12. The van der Waals surface area contributed by atoms with Crippen molar-refractivity contribution in [1.29, 1.82) is 0 Å². The van der Waals surface area contributed by atoms with E-state index in [-0.39, 0.29) is 18.1 Å². The molecule has 0 radical (unpaired) electrons. The van der Waals surface area contributed by atoms with Crippen LogP contribution in [0.5, 0.6) is 0 Å². The molecule has 1 fully saturated rings. The number of rotatable bonds is 4. The van der Waals surface area contributed by atoms with Gasteiger partial charge in [0.15, 0.2) is 0 Å². The summed E-state index contributed by atoms with van der Waals surface area (Å²) in [6.45, 7) is 1.88. The highest BCUT2D eigenvalue weighted by Crippen LogP contribution is 2.30. The van der Waals surface area contributed by atoms with Gasteiger partial charge in [-0.25, -0.2) is 0 Å². The molecule has 102 valence electrons. The van der Waals surface area contributed by atoms with Gasteiger partial charge in [-0.3, -0.25) is 14.9 Å². The number of hydrogen-bond donors (Lipinski definition) is 2. The molecule has 2 N–H and O–H groups in total. The Kier molecular flexibility index (Phi) is 3.53. The van der Waals surface area contributed by atoms with E-state index in [0.29, 0.717) is 24.0 Å². The molecule has 19 heavy (non-hydrogen) atoms. The maximum atomic E-state index is 11.9. The molecule has 1 saturated carbocycles. The molecule has 1 aliphatic rings. The van der Waals surface area contributed by atoms with Crippen LogP contribution in [-0.4, -0.2) is 28.1 Å². The second-order valence-corrected chi connectivity index (χ2v) is 5.02. The topological polar surface area (TPSA) is 92.5 Å². The summed E-state index contributed by atoms with van der Waals surface area (Å²) in [7, 11) is 0. The van der Waals surface area contributed by atoms with Crippen LogP contribution >= 0.6 is 0 Å². The van der Waals surface area contributed by atoms with Gasteiger partial charge in [0.2, 0.25) is 0 Å². The molecular weight excluding hydrogens is 248 g/mol. The number of carbonyl (C=O) groups excluding carboxylic acids is 1. The Morgan fingerprint density at radius 3 is 2.68 bits per heavy atom. The minimum atomic E-state index is -0.773. The number of non-ortho nitro benzene ring substituents is 1. The average molecular weight is 264 g/mol. The number of benzene rings is 1. The van der Waals surface area contributed by atoms with Gasteiger partial charge in [-0.15, -0.1) is 0 Å². The first-order valence-electron chi connectivity index (χ1n) is 6.17. The van der Waals surface area contributed by atoms with Crippen LogP contribution in [0.1, 0.15) is 35.2 Å². The molecule has 1 amide bonds. The molecular formula is C13H16N2O4. The van der Waals surface area contributed by atoms with Gasteiger partial charge in [0.05, 0.1) is 10.5 Å². The highest BCUT2D eigenvalue weighted by Gasteiger charge is 2.34. The molecule has 1 aliphatic carbocycles. The molecule has 0 saturated heterocycles. The van der Waals surface area contributed by atoms with E-state index in [0.717, 1.165) is 6.42 Å². The van der Waals surface area contributed by atoms with Crippen molar-refractivity contribution in [3.05, 3.63) is 39.4 Å². The van der Waals surface area contributed by atoms with Crippen LogP contribution in [0.25, 0.3) is 0 Å². The number of nitro groups is 1. The standard InChI is InChI=1S/C13H16N2O4/c1-9-7-10(15(18)19)3-4-11(9)12(16)14-8-13(17)5-2-6-13/h3-4,7,17H,2,5-6,8H2,1H3,(H,14,16). The fourth-order valence-electron chi connectivity index (χ4n) is 2.12. The van der Waals surface area contributed by atoms with Gasteiger partial charge in [-0.2, -0.15) is 0 Å². The van der Waals surface area contributed by atoms with Crippen LogP contribution in [0, 0.1) is 17.0 Å². The third kappa shape index (κ3) is 2.90. The van der Waals surface area contributed by atoms with E-state index in [1.807, 2.05) is 0 Å². The van der Waals surface area contributed by atoms with Crippen molar-refractivity contribution < 1.29 is 14.8 Å². The van der Waals surface area contributed by atoms with E-state index in [1.54, 1.807) is 6.92 Å². The normalized spacial score (nSPS) is 16.5. The smallest absolute Gasteiger partial charge is 0.269 e. The van der Waals surface area contributed by atoms with Gasteiger partial charge < -0.3 is 10.4 Å². The van der Waals surface area contributed by atoms with Gasteiger partial charge in [-0.05, 0) is 37.8 Å². The second-order valence-electron chi connectivity index (χ2n) is 5.02. The van der Waals surface area contributed by atoms with Crippen LogP contribution in [0.4, 0.5) is 5.69 Å². The maximum absolute atomic E-state index is 11.9. The Morgan fingerprint density at radius 2 is 2.21 bits per heavy atom. The zero-order valence-electron chi connectivity index (χ0n) is 10.7. The molecule has 0 spiro atoms. The lowest BCUT2D eigenvalue weighted by molar-refractivity contribution is -0.384. The number of aryl methyl sites for hydroxylation is 1. The van der Waals surface area contributed by atoms with Crippen molar-refractivity contribution in [3.8, 4) is 0 Å². The summed E-state index contributed by atoms with van der Waals surface area (Å²) < 4.78 is 0. The summed E-state index contributed by atoms with van der Waals surface area (Å²) in [5.74, 6) is -0.312. The molecule has 0 unspecified atom stereocenters. The maximum Gasteiger partial charge on any atom is 0.269 e. The highest BCUT2D eigenvalue weighted by atomic mass is 16.6. The van der Waals surface area contributed by atoms with Gasteiger partial charge in [0, 0.05) is 24.2 Å². The number of hydrogen-bond acceptors (Lipinski definition) is 4. The van der Waals surface area contributed by atoms with Crippen molar-refractivity contribution in [2.45, 2.75) is 31.8 Å². The number of nitro benzene ring substituents is 1. The van der Waals surface area contributed by atoms with Crippen LogP contribution in [-0.2, 0) is 0 Å². The predicted molar refractivity (Wildman–Crippen MR) is 69.0 cm³/mol. The third-order valence-corrected chi connectivity index (χ3v) is 3.53. The van der Waals surface area contributed by atoms with E-state index in [2.05, 4.69) is 5.32 Å². The lowest BCUT2D eigenvalue weighted by atomic mass is 9.80. The first-order valence-corrected chi connectivity index (χ1v) is 6.17. The molecule has 0 atom stereocenters. The van der Waals surface area contributed by atoms with Crippen molar-refractivity contribution in [2.24, 2.45) is 0 Å². The van der Waals surface area contributed by atoms with Crippen molar-refractivity contribution in [3.63, 3.8) is 0 Å². The zero-order chi connectivity index (χ0) is 14.0. The molecule has 6 heteroatoms. The van der Waals surface area contributed by atoms with E-state index < -0.39 is 10.5 Å². The van der Waals surface area contributed by atoms with E-state index >= 15 is 0 Å². The lowest BCUT2D eigenvalue weighted by Gasteiger charge is -2.36. The monoisotopic (exact) mass is 264 g/mol.